The Hall–Kier alpha value is -2.63. The number of carbonyl (C=O) groups is 1. The summed E-state index contributed by atoms with van der Waals surface area (Å²) in [6, 6.07) is 9.06. The van der Waals surface area contributed by atoms with Crippen molar-refractivity contribution in [2.75, 3.05) is 0 Å². The van der Waals surface area contributed by atoms with E-state index in [4.69, 9.17) is 10.3 Å². The monoisotopic (exact) mass is 231 g/mol. The summed E-state index contributed by atoms with van der Waals surface area (Å²) in [5, 5.41) is 24.1. The Labute approximate surface area is 96.4 Å². The molecule has 6 nitrogen and oxygen atoms in total. The molecular formula is C11H9N3O3. The summed E-state index contributed by atoms with van der Waals surface area (Å²) in [4.78, 5) is 10.9. The third kappa shape index (κ3) is 2.15. The third-order valence-corrected chi connectivity index (χ3v) is 2.16. The summed E-state index contributed by atoms with van der Waals surface area (Å²) in [6.45, 7) is 0. The van der Waals surface area contributed by atoms with E-state index in [1.54, 1.807) is 12.1 Å². The van der Waals surface area contributed by atoms with E-state index in [-0.39, 0.29) is 11.3 Å². The SMILES string of the molecule is O=C(O)c1nn(-c2ccccc2)cc1/C=N/O. The molecule has 6 heteroatoms. The van der Waals surface area contributed by atoms with Crippen molar-refractivity contribution in [3.8, 4) is 5.69 Å². The van der Waals surface area contributed by atoms with Gasteiger partial charge >= 0.3 is 5.97 Å². The van der Waals surface area contributed by atoms with Gasteiger partial charge in [-0.1, -0.05) is 23.4 Å². The minimum Gasteiger partial charge on any atom is -0.476 e. The molecule has 1 aromatic heterocycles. The van der Waals surface area contributed by atoms with Crippen LogP contribution >= 0.6 is 0 Å². The predicted octanol–water partition coefficient (Wildman–Crippen LogP) is 1.38. The predicted molar refractivity (Wildman–Crippen MR) is 59.9 cm³/mol. The molecular weight excluding hydrogens is 222 g/mol. The molecule has 0 bridgehead atoms. The first-order valence-electron chi connectivity index (χ1n) is 4.78. The first-order chi connectivity index (χ1) is 8.22. The number of para-hydroxylation sites is 1. The molecule has 0 aliphatic carbocycles. The van der Waals surface area contributed by atoms with E-state index in [2.05, 4.69) is 10.3 Å². The number of rotatable bonds is 3. The van der Waals surface area contributed by atoms with Crippen molar-refractivity contribution >= 4 is 12.2 Å². The second kappa shape index (κ2) is 4.48. The van der Waals surface area contributed by atoms with Crippen molar-refractivity contribution in [2.24, 2.45) is 5.16 Å². The minimum atomic E-state index is -1.17. The van der Waals surface area contributed by atoms with Gasteiger partial charge in [0.15, 0.2) is 5.69 Å². The Morgan fingerprint density at radius 1 is 1.35 bits per heavy atom. The normalized spacial score (nSPS) is 10.8. The maximum Gasteiger partial charge on any atom is 0.357 e. The largest absolute Gasteiger partial charge is 0.476 e. The second-order valence-corrected chi connectivity index (χ2v) is 3.26. The number of hydrogen-bond donors (Lipinski definition) is 2. The van der Waals surface area contributed by atoms with Crippen molar-refractivity contribution in [3.63, 3.8) is 0 Å². The minimum absolute atomic E-state index is 0.161. The molecule has 0 saturated carbocycles. The van der Waals surface area contributed by atoms with E-state index >= 15 is 0 Å². The zero-order valence-corrected chi connectivity index (χ0v) is 8.69. The van der Waals surface area contributed by atoms with Crippen LogP contribution in [-0.4, -0.2) is 32.3 Å². The van der Waals surface area contributed by atoms with Crippen LogP contribution in [0.15, 0.2) is 41.7 Å². The van der Waals surface area contributed by atoms with E-state index < -0.39 is 5.97 Å². The lowest BCUT2D eigenvalue weighted by molar-refractivity contribution is 0.0690. The molecule has 1 aromatic carbocycles. The van der Waals surface area contributed by atoms with E-state index in [0.717, 1.165) is 11.9 Å². The molecule has 2 N–H and O–H groups in total. The first kappa shape index (κ1) is 10.9. The van der Waals surface area contributed by atoms with E-state index in [1.807, 2.05) is 18.2 Å². The topological polar surface area (TPSA) is 87.7 Å². The standard InChI is InChI=1S/C11H9N3O3/c15-11(16)10-8(6-12-17)7-14(13-10)9-4-2-1-3-5-9/h1-7,17H,(H,15,16)/b12-6+. The third-order valence-electron chi connectivity index (χ3n) is 2.16. The number of benzene rings is 1. The van der Waals surface area contributed by atoms with E-state index in [9.17, 15) is 4.79 Å². The van der Waals surface area contributed by atoms with Gasteiger partial charge in [-0.3, -0.25) is 0 Å². The fraction of sp³-hybridized carbons (Fsp3) is 0. The first-order valence-corrected chi connectivity index (χ1v) is 4.78. The molecule has 2 aromatic rings. The van der Waals surface area contributed by atoms with Gasteiger partial charge in [0.1, 0.15) is 0 Å². The lowest BCUT2D eigenvalue weighted by Crippen LogP contribution is -2.02. The molecule has 0 fully saturated rings. The quantitative estimate of drug-likeness (QED) is 0.474. The van der Waals surface area contributed by atoms with Crippen LogP contribution in [0.1, 0.15) is 16.1 Å². The van der Waals surface area contributed by atoms with Crippen LogP contribution in [0.3, 0.4) is 0 Å². The van der Waals surface area contributed by atoms with Gasteiger partial charge in [-0.2, -0.15) is 5.10 Å². The number of aromatic carboxylic acids is 1. The van der Waals surface area contributed by atoms with Crippen molar-refractivity contribution in [3.05, 3.63) is 47.8 Å². The highest BCUT2D eigenvalue weighted by Gasteiger charge is 2.15. The zero-order valence-electron chi connectivity index (χ0n) is 8.69. The van der Waals surface area contributed by atoms with Gasteiger partial charge in [-0.15, -0.1) is 0 Å². The number of oxime groups is 1. The van der Waals surface area contributed by atoms with Crippen LogP contribution in [0, 0.1) is 0 Å². The summed E-state index contributed by atoms with van der Waals surface area (Å²) in [5.74, 6) is -1.17. The van der Waals surface area contributed by atoms with Gasteiger partial charge in [0, 0.05) is 11.8 Å². The average Bonchev–Trinajstić information content (AvgIpc) is 2.75. The zero-order chi connectivity index (χ0) is 12.3. The Kier molecular flexibility index (Phi) is 2.87. The highest BCUT2D eigenvalue weighted by molar-refractivity contribution is 5.96. The number of hydrogen-bond acceptors (Lipinski definition) is 4. The molecule has 2 rings (SSSR count). The average molecular weight is 231 g/mol. The van der Waals surface area contributed by atoms with Crippen LogP contribution < -0.4 is 0 Å². The van der Waals surface area contributed by atoms with Crippen molar-refractivity contribution in [2.45, 2.75) is 0 Å². The number of nitrogens with zero attached hydrogens (tertiary/aromatic N) is 3. The summed E-state index contributed by atoms with van der Waals surface area (Å²) < 4.78 is 1.42. The summed E-state index contributed by atoms with van der Waals surface area (Å²) in [5.41, 5.74) is 0.808. The van der Waals surface area contributed by atoms with Crippen LogP contribution in [-0.2, 0) is 0 Å². The van der Waals surface area contributed by atoms with Crippen LogP contribution in [0.25, 0.3) is 5.69 Å². The lowest BCUT2D eigenvalue weighted by atomic mass is 10.3. The molecule has 0 atom stereocenters. The van der Waals surface area contributed by atoms with Crippen LogP contribution in [0.4, 0.5) is 0 Å². The number of carboxylic acids is 1. The number of carboxylic acid groups (broad SMARTS) is 1. The summed E-state index contributed by atoms with van der Waals surface area (Å²) >= 11 is 0. The Balaban J connectivity index is 2.51. The Morgan fingerprint density at radius 2 is 2.06 bits per heavy atom. The van der Waals surface area contributed by atoms with E-state index in [0.29, 0.717) is 0 Å². The van der Waals surface area contributed by atoms with E-state index in [1.165, 1.54) is 10.9 Å². The van der Waals surface area contributed by atoms with Gasteiger partial charge in [-0.05, 0) is 12.1 Å². The molecule has 0 saturated heterocycles. The molecule has 0 radical (unpaired) electrons. The fourth-order valence-corrected chi connectivity index (χ4v) is 1.42. The Morgan fingerprint density at radius 3 is 2.65 bits per heavy atom. The summed E-state index contributed by atoms with van der Waals surface area (Å²) in [7, 11) is 0. The molecule has 1 heterocycles. The maximum absolute atomic E-state index is 10.9. The van der Waals surface area contributed by atoms with Crippen LogP contribution in [0.5, 0.6) is 0 Å². The van der Waals surface area contributed by atoms with Gasteiger partial charge in [0.25, 0.3) is 0 Å². The molecule has 0 aliphatic heterocycles. The Bertz CT molecular complexity index is 561. The fourth-order valence-electron chi connectivity index (χ4n) is 1.42. The lowest BCUT2D eigenvalue weighted by Gasteiger charge is -1.98. The molecule has 0 aliphatic rings. The highest BCUT2D eigenvalue weighted by atomic mass is 16.4. The maximum atomic E-state index is 10.9. The van der Waals surface area contributed by atoms with Crippen molar-refractivity contribution in [1.29, 1.82) is 0 Å². The molecule has 17 heavy (non-hydrogen) atoms. The highest BCUT2D eigenvalue weighted by Crippen LogP contribution is 2.11. The van der Waals surface area contributed by atoms with Gasteiger partial charge in [-0.25, -0.2) is 9.48 Å². The number of aromatic nitrogens is 2. The van der Waals surface area contributed by atoms with Gasteiger partial charge < -0.3 is 10.3 Å². The van der Waals surface area contributed by atoms with Crippen LogP contribution in [0.2, 0.25) is 0 Å². The molecule has 0 spiro atoms. The van der Waals surface area contributed by atoms with Gasteiger partial charge in [0.05, 0.1) is 11.9 Å². The van der Waals surface area contributed by atoms with Crippen molar-refractivity contribution in [1.82, 2.24) is 9.78 Å². The summed E-state index contributed by atoms with van der Waals surface area (Å²) in [6.07, 6.45) is 2.52. The van der Waals surface area contributed by atoms with Gasteiger partial charge in [0.2, 0.25) is 0 Å². The van der Waals surface area contributed by atoms with Crippen molar-refractivity contribution < 1.29 is 15.1 Å². The smallest absolute Gasteiger partial charge is 0.357 e. The molecule has 86 valence electrons. The molecule has 0 amide bonds. The molecule has 0 unspecified atom stereocenters. The second-order valence-electron chi connectivity index (χ2n) is 3.26.